The first-order valence-electron chi connectivity index (χ1n) is 6.63. The van der Waals surface area contributed by atoms with Crippen molar-refractivity contribution in [2.45, 2.75) is 18.6 Å². The van der Waals surface area contributed by atoms with Crippen molar-refractivity contribution >= 4 is 0 Å². The molecule has 0 aromatic heterocycles. The van der Waals surface area contributed by atoms with Crippen LogP contribution in [0.5, 0.6) is 11.5 Å². The summed E-state index contributed by atoms with van der Waals surface area (Å²) in [6.07, 6.45) is 0.0989. The number of ether oxygens (including phenoxy) is 3. The van der Waals surface area contributed by atoms with Crippen molar-refractivity contribution in [1.82, 2.24) is 0 Å². The van der Waals surface area contributed by atoms with Gasteiger partial charge in [-0.2, -0.15) is 0 Å². The molecule has 1 fully saturated rings. The molecule has 2 aromatic rings. The zero-order valence-electron chi connectivity index (χ0n) is 11.9. The summed E-state index contributed by atoms with van der Waals surface area (Å²) in [5, 5.41) is 0. The molecule has 3 nitrogen and oxygen atoms in total. The molecule has 0 radical (unpaired) electrons. The highest BCUT2D eigenvalue weighted by Gasteiger charge is 2.54. The third-order valence-corrected chi connectivity index (χ3v) is 3.89. The van der Waals surface area contributed by atoms with Crippen molar-refractivity contribution in [3.05, 3.63) is 59.7 Å². The third-order valence-electron chi connectivity index (χ3n) is 3.89. The molecule has 0 saturated carbocycles. The molecule has 104 valence electrons. The lowest BCUT2D eigenvalue weighted by atomic mass is 9.93. The SMILES string of the molecule is COc1ccc(C2OC2(C)c2ccc(OC)cc2)cc1. The number of methoxy groups -OCH3 is 2. The van der Waals surface area contributed by atoms with E-state index in [4.69, 9.17) is 14.2 Å². The van der Waals surface area contributed by atoms with Crippen LogP contribution in [0.3, 0.4) is 0 Å². The fourth-order valence-corrected chi connectivity index (χ4v) is 2.52. The first-order valence-corrected chi connectivity index (χ1v) is 6.63. The van der Waals surface area contributed by atoms with Gasteiger partial charge in [-0.05, 0) is 42.3 Å². The molecular weight excluding hydrogens is 252 g/mol. The monoisotopic (exact) mass is 270 g/mol. The maximum Gasteiger partial charge on any atom is 0.122 e. The average molecular weight is 270 g/mol. The van der Waals surface area contributed by atoms with Crippen LogP contribution in [-0.4, -0.2) is 14.2 Å². The van der Waals surface area contributed by atoms with E-state index >= 15 is 0 Å². The highest BCUT2D eigenvalue weighted by Crippen LogP contribution is 2.56. The summed E-state index contributed by atoms with van der Waals surface area (Å²) < 4.78 is 16.3. The van der Waals surface area contributed by atoms with Crippen LogP contribution in [0, 0.1) is 0 Å². The fraction of sp³-hybridized carbons (Fsp3) is 0.294. The molecule has 2 aromatic carbocycles. The van der Waals surface area contributed by atoms with E-state index in [1.165, 1.54) is 11.1 Å². The molecule has 0 aliphatic carbocycles. The van der Waals surface area contributed by atoms with Crippen LogP contribution in [0.4, 0.5) is 0 Å². The van der Waals surface area contributed by atoms with Gasteiger partial charge in [0.1, 0.15) is 23.2 Å². The molecule has 0 N–H and O–H groups in total. The molecule has 0 bridgehead atoms. The predicted octanol–water partition coefficient (Wildman–Crippen LogP) is 3.69. The number of epoxide rings is 1. The normalized spacial score (nSPS) is 24.2. The minimum absolute atomic E-state index is 0.0989. The maximum atomic E-state index is 5.94. The van der Waals surface area contributed by atoms with Crippen molar-refractivity contribution in [2.75, 3.05) is 14.2 Å². The summed E-state index contributed by atoms with van der Waals surface area (Å²) >= 11 is 0. The number of benzene rings is 2. The average Bonchev–Trinajstić information content (AvgIpc) is 3.21. The number of hydrogen-bond acceptors (Lipinski definition) is 3. The minimum Gasteiger partial charge on any atom is -0.497 e. The first-order chi connectivity index (χ1) is 9.67. The summed E-state index contributed by atoms with van der Waals surface area (Å²) in [6.45, 7) is 2.11. The molecule has 0 spiro atoms. The topological polar surface area (TPSA) is 31.0 Å². The predicted molar refractivity (Wildman–Crippen MR) is 77.2 cm³/mol. The van der Waals surface area contributed by atoms with Gasteiger partial charge in [-0.25, -0.2) is 0 Å². The smallest absolute Gasteiger partial charge is 0.122 e. The van der Waals surface area contributed by atoms with Crippen LogP contribution >= 0.6 is 0 Å². The summed E-state index contributed by atoms with van der Waals surface area (Å²) in [4.78, 5) is 0. The van der Waals surface area contributed by atoms with E-state index < -0.39 is 0 Å². The van der Waals surface area contributed by atoms with Crippen molar-refractivity contribution in [2.24, 2.45) is 0 Å². The van der Waals surface area contributed by atoms with Gasteiger partial charge >= 0.3 is 0 Å². The van der Waals surface area contributed by atoms with Crippen LogP contribution in [0.1, 0.15) is 24.2 Å². The van der Waals surface area contributed by atoms with Crippen molar-refractivity contribution < 1.29 is 14.2 Å². The Balaban J connectivity index is 1.80. The highest BCUT2D eigenvalue weighted by atomic mass is 16.6. The van der Waals surface area contributed by atoms with Crippen molar-refractivity contribution in [3.8, 4) is 11.5 Å². The van der Waals surface area contributed by atoms with Gasteiger partial charge in [-0.15, -0.1) is 0 Å². The van der Waals surface area contributed by atoms with Crippen LogP contribution in [0.2, 0.25) is 0 Å². The fourth-order valence-electron chi connectivity index (χ4n) is 2.52. The van der Waals surface area contributed by atoms with Gasteiger partial charge in [0.2, 0.25) is 0 Å². The molecule has 2 atom stereocenters. The minimum atomic E-state index is -0.249. The molecule has 1 heterocycles. The molecule has 3 heteroatoms. The van der Waals surface area contributed by atoms with Gasteiger partial charge in [0.15, 0.2) is 0 Å². The summed E-state index contributed by atoms with van der Waals surface area (Å²) in [7, 11) is 3.34. The Morgan fingerprint density at radius 2 is 1.35 bits per heavy atom. The van der Waals surface area contributed by atoms with E-state index in [0.717, 1.165) is 11.5 Å². The number of rotatable bonds is 4. The maximum absolute atomic E-state index is 5.94. The van der Waals surface area contributed by atoms with E-state index in [1.54, 1.807) is 14.2 Å². The first kappa shape index (κ1) is 13.0. The largest absolute Gasteiger partial charge is 0.497 e. The van der Waals surface area contributed by atoms with E-state index in [0.29, 0.717) is 0 Å². The summed E-state index contributed by atoms with van der Waals surface area (Å²) in [5.41, 5.74) is 2.09. The second-order valence-electron chi connectivity index (χ2n) is 5.11. The second-order valence-corrected chi connectivity index (χ2v) is 5.11. The van der Waals surface area contributed by atoms with Crippen molar-refractivity contribution in [1.29, 1.82) is 0 Å². The Labute approximate surface area is 119 Å². The standard InChI is InChI=1S/C17H18O3/c1-17(13-6-10-15(19-3)11-7-13)16(20-17)12-4-8-14(18-2)9-5-12/h4-11,16H,1-3H3. The Morgan fingerprint density at radius 3 is 1.85 bits per heavy atom. The Bertz CT molecular complexity index is 589. The Morgan fingerprint density at radius 1 is 0.850 bits per heavy atom. The lowest BCUT2D eigenvalue weighted by Gasteiger charge is -2.08. The van der Waals surface area contributed by atoms with Crippen molar-refractivity contribution in [3.63, 3.8) is 0 Å². The Hall–Kier alpha value is -2.00. The summed E-state index contributed by atoms with van der Waals surface area (Å²) in [6, 6.07) is 16.1. The molecule has 1 saturated heterocycles. The molecule has 1 aliphatic rings. The van der Waals surface area contributed by atoms with E-state index in [-0.39, 0.29) is 11.7 Å². The lowest BCUT2D eigenvalue weighted by molar-refractivity contribution is 0.313. The molecule has 2 unspecified atom stereocenters. The van der Waals surface area contributed by atoms with Gasteiger partial charge in [-0.3, -0.25) is 0 Å². The van der Waals surface area contributed by atoms with Gasteiger partial charge in [0.25, 0.3) is 0 Å². The van der Waals surface area contributed by atoms with Gasteiger partial charge < -0.3 is 14.2 Å². The van der Waals surface area contributed by atoms with Crippen LogP contribution in [0.25, 0.3) is 0 Å². The third kappa shape index (κ3) is 2.14. The lowest BCUT2D eigenvalue weighted by Crippen LogP contribution is -2.04. The highest BCUT2D eigenvalue weighted by molar-refractivity contribution is 5.39. The zero-order chi connectivity index (χ0) is 14.2. The van der Waals surface area contributed by atoms with E-state index in [2.05, 4.69) is 31.2 Å². The molecule has 0 amide bonds. The molecule has 1 aliphatic heterocycles. The van der Waals surface area contributed by atoms with E-state index in [9.17, 15) is 0 Å². The molecule has 20 heavy (non-hydrogen) atoms. The Kier molecular flexibility index (Phi) is 3.14. The van der Waals surface area contributed by atoms with Gasteiger partial charge in [-0.1, -0.05) is 24.3 Å². The van der Waals surface area contributed by atoms with E-state index in [1.807, 2.05) is 24.3 Å². The number of hydrogen-bond donors (Lipinski definition) is 0. The summed E-state index contributed by atoms with van der Waals surface area (Å²) in [5.74, 6) is 1.72. The molecular formula is C17H18O3. The van der Waals surface area contributed by atoms with Gasteiger partial charge in [0, 0.05) is 0 Å². The van der Waals surface area contributed by atoms with Crippen LogP contribution in [0.15, 0.2) is 48.5 Å². The second kappa shape index (κ2) is 4.84. The molecule has 3 rings (SSSR count). The van der Waals surface area contributed by atoms with Crippen LogP contribution in [-0.2, 0) is 10.3 Å². The van der Waals surface area contributed by atoms with Crippen LogP contribution < -0.4 is 9.47 Å². The quantitative estimate of drug-likeness (QED) is 0.794. The van der Waals surface area contributed by atoms with Gasteiger partial charge in [0.05, 0.1) is 14.2 Å². The zero-order valence-corrected chi connectivity index (χ0v) is 11.9.